The third kappa shape index (κ3) is 1.07. The van der Waals surface area contributed by atoms with Gasteiger partial charge in [-0.15, -0.1) is 6.42 Å². The van der Waals surface area contributed by atoms with Crippen molar-refractivity contribution in [1.29, 1.82) is 0 Å². The predicted octanol–water partition coefficient (Wildman–Crippen LogP) is 2.16. The standard InChI is InChI=1S/C13H19N/c1-2-12(14)13-6-9-3-10(7-13)5-11(4-9)8-13/h1,9-12H,3-8,14H2. The summed E-state index contributed by atoms with van der Waals surface area (Å²) >= 11 is 0. The van der Waals surface area contributed by atoms with E-state index in [1.165, 1.54) is 38.5 Å². The van der Waals surface area contributed by atoms with E-state index in [9.17, 15) is 0 Å². The Bertz CT molecular complexity index is 251. The monoisotopic (exact) mass is 189 g/mol. The summed E-state index contributed by atoms with van der Waals surface area (Å²) in [7, 11) is 0. The van der Waals surface area contributed by atoms with Crippen molar-refractivity contribution in [3.63, 3.8) is 0 Å². The van der Waals surface area contributed by atoms with Gasteiger partial charge in [0.2, 0.25) is 0 Å². The molecule has 1 unspecified atom stereocenters. The van der Waals surface area contributed by atoms with Crippen LogP contribution < -0.4 is 5.73 Å². The zero-order chi connectivity index (χ0) is 9.76. The quantitative estimate of drug-likeness (QED) is 0.628. The molecule has 0 heterocycles. The Balaban J connectivity index is 1.91. The Labute approximate surface area is 86.4 Å². The fraction of sp³-hybridized carbons (Fsp3) is 0.846. The van der Waals surface area contributed by atoms with Crippen LogP contribution in [0.3, 0.4) is 0 Å². The average Bonchev–Trinajstić information content (AvgIpc) is 2.14. The number of hydrogen-bond donors (Lipinski definition) is 1. The van der Waals surface area contributed by atoms with Gasteiger partial charge in [0.1, 0.15) is 0 Å². The highest BCUT2D eigenvalue weighted by Crippen LogP contribution is 2.60. The minimum absolute atomic E-state index is 0.0240. The van der Waals surface area contributed by atoms with Crippen LogP contribution in [0.4, 0.5) is 0 Å². The van der Waals surface area contributed by atoms with Gasteiger partial charge in [0, 0.05) is 0 Å². The van der Waals surface area contributed by atoms with Gasteiger partial charge >= 0.3 is 0 Å². The van der Waals surface area contributed by atoms with Gasteiger partial charge in [-0.2, -0.15) is 0 Å². The van der Waals surface area contributed by atoms with E-state index in [4.69, 9.17) is 12.2 Å². The van der Waals surface area contributed by atoms with E-state index in [1.807, 2.05) is 0 Å². The molecule has 1 nitrogen and oxygen atoms in total. The van der Waals surface area contributed by atoms with E-state index in [2.05, 4.69) is 5.92 Å². The van der Waals surface area contributed by atoms with Crippen molar-refractivity contribution in [1.82, 2.24) is 0 Å². The van der Waals surface area contributed by atoms with E-state index in [1.54, 1.807) is 0 Å². The molecule has 14 heavy (non-hydrogen) atoms. The molecule has 0 aromatic carbocycles. The van der Waals surface area contributed by atoms with Crippen LogP contribution >= 0.6 is 0 Å². The molecule has 1 atom stereocenters. The maximum absolute atomic E-state index is 6.14. The molecule has 4 saturated carbocycles. The lowest BCUT2D eigenvalue weighted by Gasteiger charge is -2.58. The first-order valence-electron chi connectivity index (χ1n) is 5.93. The SMILES string of the molecule is C#CC(N)C12CC3CC(CC(C3)C1)C2. The van der Waals surface area contributed by atoms with Crippen molar-refractivity contribution in [2.75, 3.05) is 0 Å². The molecule has 0 aliphatic heterocycles. The molecule has 0 aromatic heterocycles. The van der Waals surface area contributed by atoms with Crippen LogP contribution in [0.25, 0.3) is 0 Å². The first-order valence-corrected chi connectivity index (χ1v) is 5.93. The number of terminal acetylenes is 1. The first-order chi connectivity index (χ1) is 6.72. The van der Waals surface area contributed by atoms with Crippen molar-refractivity contribution in [2.24, 2.45) is 28.9 Å². The lowest BCUT2D eigenvalue weighted by atomic mass is 9.48. The summed E-state index contributed by atoms with van der Waals surface area (Å²) in [5.74, 6) is 5.68. The number of nitrogens with two attached hydrogens (primary N) is 1. The van der Waals surface area contributed by atoms with Crippen LogP contribution in [-0.2, 0) is 0 Å². The largest absolute Gasteiger partial charge is 0.317 e. The van der Waals surface area contributed by atoms with E-state index in [0.717, 1.165) is 17.8 Å². The second kappa shape index (κ2) is 2.76. The molecular formula is C13H19N. The maximum Gasteiger partial charge on any atom is 0.0719 e. The molecule has 4 rings (SSSR count). The molecule has 4 aliphatic carbocycles. The highest BCUT2D eigenvalue weighted by molar-refractivity contribution is 5.13. The molecule has 0 aromatic rings. The summed E-state index contributed by atoms with van der Waals surface area (Å²) in [5.41, 5.74) is 6.49. The molecule has 4 fully saturated rings. The molecule has 4 aliphatic rings. The van der Waals surface area contributed by atoms with Crippen LogP contribution in [0.2, 0.25) is 0 Å². The Morgan fingerprint density at radius 2 is 1.50 bits per heavy atom. The molecular weight excluding hydrogens is 170 g/mol. The van der Waals surface area contributed by atoms with Crippen molar-refractivity contribution >= 4 is 0 Å². The van der Waals surface area contributed by atoms with Crippen LogP contribution in [0, 0.1) is 35.5 Å². The minimum Gasteiger partial charge on any atom is -0.317 e. The second-order valence-corrected chi connectivity index (χ2v) is 5.92. The van der Waals surface area contributed by atoms with E-state index < -0.39 is 0 Å². The van der Waals surface area contributed by atoms with Gasteiger partial charge in [0.15, 0.2) is 0 Å². The van der Waals surface area contributed by atoms with E-state index >= 15 is 0 Å². The summed E-state index contributed by atoms with van der Waals surface area (Å²) in [6.45, 7) is 0. The van der Waals surface area contributed by atoms with Crippen molar-refractivity contribution in [2.45, 2.75) is 44.6 Å². The Morgan fingerprint density at radius 1 is 1.07 bits per heavy atom. The summed E-state index contributed by atoms with van der Waals surface area (Å²) < 4.78 is 0. The minimum atomic E-state index is 0.0240. The zero-order valence-corrected chi connectivity index (χ0v) is 8.71. The van der Waals surface area contributed by atoms with Gasteiger partial charge in [-0.05, 0) is 61.7 Å². The third-order valence-electron chi connectivity index (χ3n) is 4.92. The highest BCUT2D eigenvalue weighted by Gasteiger charge is 2.53. The van der Waals surface area contributed by atoms with Crippen LogP contribution in [0.15, 0.2) is 0 Å². The van der Waals surface area contributed by atoms with E-state index in [-0.39, 0.29) is 6.04 Å². The van der Waals surface area contributed by atoms with E-state index in [0.29, 0.717) is 5.41 Å². The van der Waals surface area contributed by atoms with Crippen molar-refractivity contribution < 1.29 is 0 Å². The van der Waals surface area contributed by atoms with Crippen LogP contribution in [0.1, 0.15) is 38.5 Å². The van der Waals surface area contributed by atoms with Gasteiger partial charge < -0.3 is 5.73 Å². The molecule has 4 bridgehead atoms. The van der Waals surface area contributed by atoms with Gasteiger partial charge in [-0.3, -0.25) is 0 Å². The summed E-state index contributed by atoms with van der Waals surface area (Å²) in [6, 6.07) is 0.0240. The third-order valence-corrected chi connectivity index (χ3v) is 4.92. The maximum atomic E-state index is 6.14. The van der Waals surface area contributed by atoms with Gasteiger partial charge in [-0.25, -0.2) is 0 Å². The first kappa shape index (κ1) is 8.80. The molecule has 0 amide bonds. The van der Waals surface area contributed by atoms with Crippen molar-refractivity contribution in [3.05, 3.63) is 0 Å². The summed E-state index contributed by atoms with van der Waals surface area (Å²) in [6.07, 6.45) is 13.9. The van der Waals surface area contributed by atoms with Gasteiger partial charge in [0.05, 0.1) is 6.04 Å². The summed E-state index contributed by atoms with van der Waals surface area (Å²) in [5, 5.41) is 0. The van der Waals surface area contributed by atoms with Crippen molar-refractivity contribution in [3.8, 4) is 12.3 Å². The lowest BCUT2D eigenvalue weighted by molar-refractivity contribution is -0.0575. The fourth-order valence-corrected chi connectivity index (χ4v) is 4.74. The highest BCUT2D eigenvalue weighted by atomic mass is 14.7. The molecule has 0 radical (unpaired) electrons. The normalized spacial score (nSPS) is 51.6. The van der Waals surface area contributed by atoms with Gasteiger partial charge in [0.25, 0.3) is 0 Å². The Morgan fingerprint density at radius 3 is 1.86 bits per heavy atom. The summed E-state index contributed by atoms with van der Waals surface area (Å²) in [4.78, 5) is 0. The Kier molecular flexibility index (Phi) is 1.74. The van der Waals surface area contributed by atoms with Crippen LogP contribution in [0.5, 0.6) is 0 Å². The second-order valence-electron chi connectivity index (χ2n) is 5.92. The average molecular weight is 189 g/mol. The fourth-order valence-electron chi connectivity index (χ4n) is 4.74. The van der Waals surface area contributed by atoms with Gasteiger partial charge in [-0.1, -0.05) is 5.92 Å². The topological polar surface area (TPSA) is 26.0 Å². The smallest absolute Gasteiger partial charge is 0.0719 e. The zero-order valence-electron chi connectivity index (χ0n) is 8.71. The van der Waals surface area contributed by atoms with Crippen LogP contribution in [-0.4, -0.2) is 6.04 Å². The molecule has 0 saturated heterocycles. The predicted molar refractivity (Wildman–Crippen MR) is 57.4 cm³/mol. The lowest BCUT2D eigenvalue weighted by Crippen LogP contribution is -2.54. The Hall–Kier alpha value is -0.480. The number of rotatable bonds is 1. The molecule has 1 heteroatoms. The molecule has 2 N–H and O–H groups in total. The number of hydrogen-bond acceptors (Lipinski definition) is 1. The molecule has 76 valence electrons. The molecule has 0 spiro atoms.